The van der Waals surface area contributed by atoms with Gasteiger partial charge in [0.15, 0.2) is 17.0 Å². The highest BCUT2D eigenvalue weighted by Gasteiger charge is 2.54. The van der Waals surface area contributed by atoms with E-state index in [9.17, 15) is 14.4 Å². The van der Waals surface area contributed by atoms with Gasteiger partial charge in [0.25, 0.3) is 5.91 Å². The minimum atomic E-state index is -1.44. The van der Waals surface area contributed by atoms with Gasteiger partial charge >= 0.3 is 6.03 Å². The van der Waals surface area contributed by atoms with Gasteiger partial charge in [0.05, 0.1) is 6.42 Å². The van der Waals surface area contributed by atoms with Crippen LogP contribution in [0.15, 0.2) is 78.9 Å². The van der Waals surface area contributed by atoms with E-state index >= 15 is 0 Å². The molecule has 2 aliphatic rings. The second-order valence-corrected chi connectivity index (χ2v) is 7.74. The normalized spacial score (nSPS) is 16.3. The lowest BCUT2D eigenvalue weighted by molar-refractivity contribution is -0.138. The fraction of sp³-hybridized carbons (Fsp3) is 0.160. The van der Waals surface area contributed by atoms with Crippen molar-refractivity contribution in [1.82, 2.24) is 15.8 Å². The zero-order chi connectivity index (χ0) is 22.8. The molecule has 2 aliphatic heterocycles. The summed E-state index contributed by atoms with van der Waals surface area (Å²) >= 11 is 0. The Balaban J connectivity index is 1.40. The van der Waals surface area contributed by atoms with Gasteiger partial charge in [-0.05, 0) is 28.8 Å². The standard InChI is InChI=1S/C25H21N3O5/c29-22(16-17-11-12-20-21(15-17)33-14-13-32-20)27-28-23(30)25(26-24(28)31,18-7-3-1-4-8-18)19-9-5-2-6-10-19/h1-12,15H,13-14,16H2,(H,26,31)(H,27,29). The van der Waals surface area contributed by atoms with Gasteiger partial charge in [0.2, 0.25) is 5.91 Å². The second-order valence-electron chi connectivity index (χ2n) is 7.74. The molecule has 0 saturated carbocycles. The molecule has 0 unspecified atom stereocenters. The Hall–Kier alpha value is -4.33. The number of benzene rings is 3. The average Bonchev–Trinajstić information content (AvgIpc) is 3.10. The monoisotopic (exact) mass is 443 g/mol. The summed E-state index contributed by atoms with van der Waals surface area (Å²) in [7, 11) is 0. The van der Waals surface area contributed by atoms with Crippen molar-refractivity contribution in [2.75, 3.05) is 13.2 Å². The summed E-state index contributed by atoms with van der Waals surface area (Å²) in [5.74, 6) is 0.0938. The first-order valence-corrected chi connectivity index (χ1v) is 10.5. The number of hydrogen-bond donors (Lipinski definition) is 2. The van der Waals surface area contributed by atoms with Gasteiger partial charge in [0, 0.05) is 0 Å². The lowest BCUT2D eigenvalue weighted by Crippen LogP contribution is -2.49. The first kappa shape index (κ1) is 20.6. The molecule has 1 fully saturated rings. The number of nitrogens with zero attached hydrogens (tertiary/aromatic N) is 1. The number of carbonyl (C=O) groups excluding carboxylic acids is 3. The maximum absolute atomic E-state index is 13.6. The van der Waals surface area contributed by atoms with Crippen molar-refractivity contribution in [1.29, 1.82) is 0 Å². The van der Waals surface area contributed by atoms with E-state index in [0.29, 0.717) is 41.4 Å². The molecule has 2 N–H and O–H groups in total. The van der Waals surface area contributed by atoms with Crippen LogP contribution in [0.3, 0.4) is 0 Å². The van der Waals surface area contributed by atoms with Crippen molar-refractivity contribution < 1.29 is 23.9 Å². The van der Waals surface area contributed by atoms with E-state index in [4.69, 9.17) is 9.47 Å². The van der Waals surface area contributed by atoms with Crippen LogP contribution in [0.2, 0.25) is 0 Å². The average molecular weight is 443 g/mol. The highest BCUT2D eigenvalue weighted by Crippen LogP contribution is 2.35. The third kappa shape index (κ3) is 3.65. The molecule has 8 nitrogen and oxygen atoms in total. The SMILES string of the molecule is O=C(Cc1ccc2c(c1)OCCO2)NN1C(=O)NC(c2ccccc2)(c2ccccc2)C1=O. The van der Waals surface area contributed by atoms with Crippen LogP contribution in [0.1, 0.15) is 16.7 Å². The highest BCUT2D eigenvalue weighted by atomic mass is 16.6. The summed E-state index contributed by atoms with van der Waals surface area (Å²) in [4.78, 5) is 39.2. The molecule has 1 saturated heterocycles. The highest BCUT2D eigenvalue weighted by molar-refractivity contribution is 6.10. The van der Waals surface area contributed by atoms with Crippen LogP contribution < -0.4 is 20.2 Å². The number of imide groups is 1. The topological polar surface area (TPSA) is 97.0 Å². The third-order valence-electron chi connectivity index (χ3n) is 5.64. The first-order valence-electron chi connectivity index (χ1n) is 10.5. The van der Waals surface area contributed by atoms with Crippen molar-refractivity contribution in [3.63, 3.8) is 0 Å². The molecule has 0 atom stereocenters. The zero-order valence-corrected chi connectivity index (χ0v) is 17.6. The molecule has 3 aromatic rings. The quantitative estimate of drug-likeness (QED) is 0.591. The third-order valence-corrected chi connectivity index (χ3v) is 5.64. The van der Waals surface area contributed by atoms with E-state index in [1.165, 1.54) is 0 Å². The minimum Gasteiger partial charge on any atom is -0.486 e. The number of ether oxygens (including phenoxy) is 2. The van der Waals surface area contributed by atoms with Crippen LogP contribution in [0.4, 0.5) is 4.79 Å². The van der Waals surface area contributed by atoms with Gasteiger partial charge in [-0.1, -0.05) is 66.7 Å². The Morgan fingerprint density at radius 2 is 1.48 bits per heavy atom. The minimum absolute atomic E-state index is 0.0443. The Kier molecular flexibility index (Phi) is 5.18. The Bertz CT molecular complexity index is 1170. The van der Waals surface area contributed by atoms with Crippen LogP contribution in [-0.2, 0) is 21.5 Å². The van der Waals surface area contributed by atoms with Gasteiger partial charge in [-0.2, -0.15) is 5.01 Å². The summed E-state index contributed by atoms with van der Waals surface area (Å²) < 4.78 is 11.0. The number of carbonyl (C=O) groups is 3. The largest absolute Gasteiger partial charge is 0.486 e. The number of rotatable bonds is 5. The first-order chi connectivity index (χ1) is 16.1. The number of nitrogens with one attached hydrogen (secondary N) is 2. The summed E-state index contributed by atoms with van der Waals surface area (Å²) in [5, 5.41) is 3.55. The predicted molar refractivity (Wildman–Crippen MR) is 118 cm³/mol. The van der Waals surface area contributed by atoms with Crippen LogP contribution in [0.5, 0.6) is 11.5 Å². The smallest absolute Gasteiger partial charge is 0.344 e. The van der Waals surface area contributed by atoms with Crippen molar-refractivity contribution in [3.8, 4) is 11.5 Å². The van der Waals surface area contributed by atoms with Gasteiger partial charge in [0.1, 0.15) is 13.2 Å². The van der Waals surface area contributed by atoms with Crippen molar-refractivity contribution in [3.05, 3.63) is 95.6 Å². The molecule has 8 heteroatoms. The molecule has 166 valence electrons. The number of hydrogen-bond acceptors (Lipinski definition) is 5. The lowest BCUT2D eigenvalue weighted by Gasteiger charge is -2.27. The molecule has 5 rings (SSSR count). The molecular weight excluding hydrogens is 422 g/mol. The van der Waals surface area contributed by atoms with Crippen molar-refractivity contribution in [2.24, 2.45) is 0 Å². The Labute approximate surface area is 190 Å². The fourth-order valence-corrected chi connectivity index (χ4v) is 4.11. The predicted octanol–water partition coefficient (Wildman–Crippen LogP) is 2.53. The summed E-state index contributed by atoms with van der Waals surface area (Å²) in [5.41, 5.74) is 2.88. The maximum atomic E-state index is 13.6. The molecule has 0 aliphatic carbocycles. The van der Waals surface area contributed by atoms with E-state index < -0.39 is 23.4 Å². The molecule has 4 amide bonds. The Morgan fingerprint density at radius 3 is 2.12 bits per heavy atom. The van der Waals surface area contributed by atoms with E-state index in [0.717, 1.165) is 5.01 Å². The Morgan fingerprint density at radius 1 is 0.879 bits per heavy atom. The molecule has 33 heavy (non-hydrogen) atoms. The van der Waals surface area contributed by atoms with Crippen molar-refractivity contribution >= 4 is 17.8 Å². The number of urea groups is 1. The van der Waals surface area contributed by atoms with Gasteiger partial charge < -0.3 is 14.8 Å². The fourth-order valence-electron chi connectivity index (χ4n) is 4.11. The van der Waals surface area contributed by atoms with Crippen LogP contribution in [0.25, 0.3) is 0 Å². The number of amides is 4. The summed E-state index contributed by atoms with van der Waals surface area (Å²) in [6.45, 7) is 0.912. The maximum Gasteiger partial charge on any atom is 0.344 e. The van der Waals surface area contributed by atoms with E-state index in [-0.39, 0.29) is 6.42 Å². The van der Waals surface area contributed by atoms with Crippen LogP contribution in [-0.4, -0.2) is 36.1 Å². The van der Waals surface area contributed by atoms with E-state index in [1.807, 2.05) is 12.1 Å². The molecular formula is C25H21N3O5. The summed E-state index contributed by atoms with van der Waals surface area (Å²) in [6, 6.07) is 22.4. The lowest BCUT2D eigenvalue weighted by atomic mass is 9.83. The molecule has 0 radical (unpaired) electrons. The molecule has 3 aromatic carbocycles. The van der Waals surface area contributed by atoms with Crippen molar-refractivity contribution in [2.45, 2.75) is 12.0 Å². The molecule has 0 spiro atoms. The summed E-state index contributed by atoms with van der Waals surface area (Å²) in [6.07, 6.45) is -0.0443. The van der Waals surface area contributed by atoms with Crippen LogP contribution in [0, 0.1) is 0 Å². The molecule has 0 aromatic heterocycles. The molecule has 2 heterocycles. The van der Waals surface area contributed by atoms with Crippen LogP contribution >= 0.6 is 0 Å². The van der Waals surface area contributed by atoms with Gasteiger partial charge in [-0.3, -0.25) is 15.0 Å². The van der Waals surface area contributed by atoms with Gasteiger partial charge in [-0.15, -0.1) is 0 Å². The van der Waals surface area contributed by atoms with E-state index in [2.05, 4.69) is 10.7 Å². The van der Waals surface area contributed by atoms with E-state index in [1.54, 1.807) is 66.7 Å². The second kappa shape index (κ2) is 8.31. The van der Waals surface area contributed by atoms with Gasteiger partial charge in [-0.25, -0.2) is 4.79 Å². The molecule has 0 bridgehead atoms. The number of fused-ring (bicyclic) bond motifs is 1. The number of hydrazine groups is 1. The zero-order valence-electron chi connectivity index (χ0n) is 17.6.